The van der Waals surface area contributed by atoms with E-state index >= 15 is 0 Å². The van der Waals surface area contributed by atoms with E-state index in [4.69, 9.17) is 0 Å². The van der Waals surface area contributed by atoms with Gasteiger partial charge in [-0.05, 0) is 31.6 Å². The number of rotatable bonds is 6. The second-order valence-electron chi connectivity index (χ2n) is 5.90. The number of aliphatic hydroxyl groups is 1. The molecule has 2 rings (SSSR count). The van der Waals surface area contributed by atoms with Gasteiger partial charge in [-0.2, -0.15) is 0 Å². The fourth-order valence-corrected chi connectivity index (χ4v) is 2.80. The minimum atomic E-state index is -0.698. The van der Waals surface area contributed by atoms with Crippen molar-refractivity contribution in [2.24, 2.45) is 5.92 Å². The summed E-state index contributed by atoms with van der Waals surface area (Å²) in [5, 5.41) is 13.3. The normalized spacial score (nSPS) is 26.4. The van der Waals surface area contributed by atoms with Crippen molar-refractivity contribution in [3.8, 4) is 0 Å². The topological polar surface area (TPSA) is 67.2 Å². The van der Waals surface area contributed by atoms with E-state index in [1.54, 1.807) is 12.5 Å². The first kappa shape index (κ1) is 15.0. The van der Waals surface area contributed by atoms with Crippen LogP contribution in [0.4, 0.5) is 0 Å². The summed E-state index contributed by atoms with van der Waals surface area (Å²) < 4.78 is 1.88. The first-order valence-electron chi connectivity index (χ1n) is 7.56. The number of aromatic nitrogens is 2. The third-order valence-corrected chi connectivity index (χ3v) is 4.38. The van der Waals surface area contributed by atoms with Gasteiger partial charge in [0, 0.05) is 31.9 Å². The van der Waals surface area contributed by atoms with Crippen molar-refractivity contribution in [1.29, 1.82) is 0 Å². The molecule has 0 aliphatic heterocycles. The van der Waals surface area contributed by atoms with Gasteiger partial charge in [0.2, 0.25) is 5.91 Å². The maximum atomic E-state index is 11.8. The van der Waals surface area contributed by atoms with Crippen molar-refractivity contribution >= 4 is 5.91 Å². The fourth-order valence-electron chi connectivity index (χ4n) is 2.80. The first-order chi connectivity index (χ1) is 9.61. The van der Waals surface area contributed by atoms with E-state index in [0.717, 1.165) is 31.6 Å². The average molecular weight is 279 g/mol. The van der Waals surface area contributed by atoms with E-state index in [9.17, 15) is 9.90 Å². The molecule has 1 saturated carbocycles. The maximum Gasteiger partial charge on any atom is 0.221 e. The number of aryl methyl sites for hydroxylation is 1. The zero-order valence-electron chi connectivity index (χ0n) is 12.2. The van der Waals surface area contributed by atoms with E-state index in [2.05, 4.69) is 17.2 Å². The van der Waals surface area contributed by atoms with Crippen molar-refractivity contribution in [3.63, 3.8) is 0 Å². The summed E-state index contributed by atoms with van der Waals surface area (Å²) in [6, 6.07) is 0. The van der Waals surface area contributed by atoms with Crippen LogP contribution in [0, 0.1) is 5.92 Å². The highest BCUT2D eigenvalue weighted by atomic mass is 16.3. The van der Waals surface area contributed by atoms with Gasteiger partial charge in [0.25, 0.3) is 0 Å². The molecule has 1 aromatic heterocycles. The molecule has 0 bridgehead atoms. The minimum absolute atomic E-state index is 0.00950. The highest BCUT2D eigenvalue weighted by Gasteiger charge is 2.32. The lowest BCUT2D eigenvalue weighted by Gasteiger charge is -2.35. The third kappa shape index (κ3) is 4.34. The third-order valence-electron chi connectivity index (χ3n) is 4.38. The minimum Gasteiger partial charge on any atom is -0.388 e. The van der Waals surface area contributed by atoms with Crippen LogP contribution in [-0.2, 0) is 11.3 Å². The summed E-state index contributed by atoms with van der Waals surface area (Å²) in [6.07, 6.45) is 10.6. The predicted octanol–water partition coefficient (Wildman–Crippen LogP) is 1.72. The van der Waals surface area contributed by atoms with Gasteiger partial charge in [-0.3, -0.25) is 4.79 Å². The van der Waals surface area contributed by atoms with Crippen LogP contribution < -0.4 is 5.32 Å². The van der Waals surface area contributed by atoms with Crippen LogP contribution in [0.3, 0.4) is 0 Å². The number of amides is 1. The number of hydrogen-bond donors (Lipinski definition) is 2. The summed E-state index contributed by atoms with van der Waals surface area (Å²) in [6.45, 7) is 3.21. The molecule has 1 aliphatic carbocycles. The van der Waals surface area contributed by atoms with Crippen molar-refractivity contribution in [1.82, 2.24) is 14.9 Å². The van der Waals surface area contributed by atoms with Gasteiger partial charge in [0.15, 0.2) is 0 Å². The lowest BCUT2D eigenvalue weighted by Crippen LogP contribution is -2.45. The highest BCUT2D eigenvalue weighted by molar-refractivity contribution is 5.75. The molecule has 1 heterocycles. The maximum absolute atomic E-state index is 11.8. The molecule has 20 heavy (non-hydrogen) atoms. The molecule has 1 aromatic rings. The SMILES string of the molecule is CCC1CCC(O)(CNC(=O)CCn2ccnc2)CC1. The van der Waals surface area contributed by atoms with Gasteiger partial charge in [-0.15, -0.1) is 0 Å². The molecule has 0 spiro atoms. The van der Waals surface area contributed by atoms with E-state index in [1.165, 1.54) is 6.42 Å². The van der Waals surface area contributed by atoms with Gasteiger partial charge in [0.1, 0.15) is 0 Å². The summed E-state index contributed by atoms with van der Waals surface area (Å²) in [7, 11) is 0. The Hall–Kier alpha value is -1.36. The Morgan fingerprint density at radius 3 is 2.85 bits per heavy atom. The average Bonchev–Trinajstić information content (AvgIpc) is 2.97. The van der Waals surface area contributed by atoms with Crippen LogP contribution in [0.25, 0.3) is 0 Å². The number of nitrogens with one attached hydrogen (secondary N) is 1. The van der Waals surface area contributed by atoms with E-state index in [-0.39, 0.29) is 5.91 Å². The number of carbonyl (C=O) groups excluding carboxylic acids is 1. The summed E-state index contributed by atoms with van der Waals surface area (Å²) in [5.74, 6) is 0.733. The monoisotopic (exact) mass is 279 g/mol. The summed E-state index contributed by atoms with van der Waals surface area (Å²) in [4.78, 5) is 15.7. The van der Waals surface area contributed by atoms with E-state index in [0.29, 0.717) is 19.5 Å². The smallest absolute Gasteiger partial charge is 0.221 e. The van der Waals surface area contributed by atoms with Crippen LogP contribution >= 0.6 is 0 Å². The largest absolute Gasteiger partial charge is 0.388 e. The highest BCUT2D eigenvalue weighted by Crippen LogP contribution is 2.33. The molecule has 2 N–H and O–H groups in total. The molecule has 1 fully saturated rings. The molecule has 5 heteroatoms. The lowest BCUT2D eigenvalue weighted by atomic mass is 9.78. The number of imidazole rings is 1. The van der Waals surface area contributed by atoms with Gasteiger partial charge in [-0.1, -0.05) is 13.3 Å². The number of carbonyl (C=O) groups is 1. The first-order valence-corrected chi connectivity index (χ1v) is 7.56. The van der Waals surface area contributed by atoms with E-state index in [1.807, 2.05) is 10.8 Å². The van der Waals surface area contributed by atoms with Gasteiger partial charge < -0.3 is 15.0 Å². The van der Waals surface area contributed by atoms with E-state index < -0.39 is 5.60 Å². The summed E-state index contributed by atoms with van der Waals surface area (Å²) >= 11 is 0. The van der Waals surface area contributed by atoms with Crippen LogP contribution in [-0.4, -0.2) is 32.7 Å². The Morgan fingerprint density at radius 1 is 1.50 bits per heavy atom. The number of nitrogens with zero attached hydrogens (tertiary/aromatic N) is 2. The molecular weight excluding hydrogens is 254 g/mol. The molecule has 0 unspecified atom stereocenters. The molecule has 0 atom stereocenters. The summed E-state index contributed by atoms with van der Waals surface area (Å²) in [5.41, 5.74) is -0.698. The van der Waals surface area contributed by atoms with Gasteiger partial charge >= 0.3 is 0 Å². The predicted molar refractivity (Wildman–Crippen MR) is 77.1 cm³/mol. The zero-order valence-corrected chi connectivity index (χ0v) is 12.2. The Morgan fingerprint density at radius 2 is 2.25 bits per heavy atom. The molecule has 0 radical (unpaired) electrons. The lowest BCUT2D eigenvalue weighted by molar-refractivity contribution is -0.123. The van der Waals surface area contributed by atoms with Gasteiger partial charge in [-0.25, -0.2) is 4.98 Å². The fraction of sp³-hybridized carbons (Fsp3) is 0.733. The molecule has 1 aliphatic rings. The Bertz CT molecular complexity index is 409. The van der Waals surface area contributed by atoms with Crippen LogP contribution in [0.2, 0.25) is 0 Å². The standard InChI is InChI=1S/C15H25N3O2/c1-2-13-3-6-15(20,7-4-13)11-17-14(19)5-9-18-10-8-16-12-18/h8,10,12-13,20H,2-7,9,11H2,1H3,(H,17,19). The Labute approximate surface area is 120 Å². The van der Waals surface area contributed by atoms with Crippen molar-refractivity contribution < 1.29 is 9.90 Å². The van der Waals surface area contributed by atoms with Crippen LogP contribution in [0.15, 0.2) is 18.7 Å². The Kier molecular flexibility index (Phi) is 5.17. The van der Waals surface area contributed by atoms with Gasteiger partial charge in [0.05, 0.1) is 11.9 Å². The molecule has 5 nitrogen and oxygen atoms in total. The molecule has 0 saturated heterocycles. The Balaban J connectivity index is 1.67. The number of hydrogen-bond acceptors (Lipinski definition) is 3. The van der Waals surface area contributed by atoms with Crippen molar-refractivity contribution in [2.45, 2.75) is 57.6 Å². The second kappa shape index (κ2) is 6.88. The molecule has 112 valence electrons. The second-order valence-corrected chi connectivity index (χ2v) is 5.90. The van der Waals surface area contributed by atoms with Crippen molar-refractivity contribution in [2.75, 3.05) is 6.54 Å². The molecule has 0 aromatic carbocycles. The van der Waals surface area contributed by atoms with Crippen LogP contribution in [0.1, 0.15) is 45.4 Å². The molecular formula is C15H25N3O2. The van der Waals surface area contributed by atoms with Crippen molar-refractivity contribution in [3.05, 3.63) is 18.7 Å². The molecule has 1 amide bonds. The zero-order chi connectivity index (χ0) is 14.4. The van der Waals surface area contributed by atoms with Crippen LogP contribution in [0.5, 0.6) is 0 Å². The quantitative estimate of drug-likeness (QED) is 0.833.